The highest BCUT2D eigenvalue weighted by molar-refractivity contribution is 6.20. The van der Waals surface area contributed by atoms with Gasteiger partial charge in [-0.05, 0) is 62.8 Å². The molecule has 4 unspecified atom stereocenters. The van der Waals surface area contributed by atoms with Crippen LogP contribution in [-0.2, 0) is 4.74 Å². The molecule has 6 heteroatoms. The SMILES string of the molecule is ClC1CCC(C2NNC(NC[C@@H]3CCOC3)C3CNCCC32)CC1. The molecule has 4 fully saturated rings. The van der Waals surface area contributed by atoms with E-state index < -0.39 is 0 Å². The van der Waals surface area contributed by atoms with Crippen LogP contribution in [0.2, 0.25) is 0 Å². The first-order chi connectivity index (χ1) is 11.8. The number of rotatable bonds is 4. The highest BCUT2D eigenvalue weighted by Crippen LogP contribution is 2.38. The lowest BCUT2D eigenvalue weighted by atomic mass is 9.70. The molecule has 4 aliphatic rings. The first-order valence-corrected chi connectivity index (χ1v) is 10.4. The zero-order chi connectivity index (χ0) is 16.4. The summed E-state index contributed by atoms with van der Waals surface area (Å²) in [4.78, 5) is 0. The van der Waals surface area contributed by atoms with E-state index >= 15 is 0 Å². The van der Waals surface area contributed by atoms with Crippen LogP contribution < -0.4 is 21.5 Å². The van der Waals surface area contributed by atoms with Crippen molar-refractivity contribution in [2.45, 2.75) is 56.1 Å². The molecule has 0 aromatic heterocycles. The van der Waals surface area contributed by atoms with Crippen molar-refractivity contribution < 1.29 is 4.74 Å². The summed E-state index contributed by atoms with van der Waals surface area (Å²) >= 11 is 6.32. The van der Waals surface area contributed by atoms with E-state index in [-0.39, 0.29) is 0 Å². The van der Waals surface area contributed by atoms with Crippen molar-refractivity contribution in [1.82, 2.24) is 21.5 Å². The highest BCUT2D eigenvalue weighted by atomic mass is 35.5. The van der Waals surface area contributed by atoms with Crippen LogP contribution in [0.1, 0.15) is 38.5 Å². The molecule has 3 saturated heterocycles. The van der Waals surface area contributed by atoms with Gasteiger partial charge in [-0.15, -0.1) is 11.6 Å². The molecule has 1 aliphatic carbocycles. The second kappa shape index (κ2) is 8.19. The number of nitrogens with one attached hydrogen (secondary N) is 4. The maximum absolute atomic E-state index is 6.32. The summed E-state index contributed by atoms with van der Waals surface area (Å²) < 4.78 is 5.51. The Kier molecular flexibility index (Phi) is 5.97. The number of hydrazine groups is 1. The van der Waals surface area contributed by atoms with Gasteiger partial charge in [0, 0.05) is 37.0 Å². The van der Waals surface area contributed by atoms with Gasteiger partial charge in [0.05, 0.1) is 12.8 Å². The van der Waals surface area contributed by atoms with Gasteiger partial charge in [0.2, 0.25) is 0 Å². The average molecular weight is 357 g/mol. The van der Waals surface area contributed by atoms with Gasteiger partial charge >= 0.3 is 0 Å². The molecular weight excluding hydrogens is 324 g/mol. The zero-order valence-corrected chi connectivity index (χ0v) is 15.4. The molecule has 24 heavy (non-hydrogen) atoms. The van der Waals surface area contributed by atoms with E-state index in [9.17, 15) is 0 Å². The van der Waals surface area contributed by atoms with Crippen molar-refractivity contribution in [2.24, 2.45) is 23.7 Å². The van der Waals surface area contributed by atoms with Crippen LogP contribution in [0.15, 0.2) is 0 Å². The summed E-state index contributed by atoms with van der Waals surface area (Å²) in [6.07, 6.45) is 7.78. The number of ether oxygens (including phenoxy) is 1. The fourth-order valence-electron chi connectivity index (χ4n) is 5.26. The summed E-state index contributed by atoms with van der Waals surface area (Å²) in [6.45, 7) is 5.20. The molecule has 138 valence electrons. The molecule has 0 spiro atoms. The van der Waals surface area contributed by atoms with E-state index in [2.05, 4.69) is 21.5 Å². The van der Waals surface area contributed by atoms with Crippen molar-refractivity contribution >= 4 is 11.6 Å². The van der Waals surface area contributed by atoms with E-state index in [0.29, 0.717) is 29.4 Å². The van der Waals surface area contributed by atoms with Crippen molar-refractivity contribution in [3.8, 4) is 0 Å². The third-order valence-electron chi connectivity index (χ3n) is 6.74. The minimum atomic E-state index is 0.365. The van der Waals surface area contributed by atoms with Gasteiger partial charge in [0.15, 0.2) is 0 Å². The molecule has 3 aliphatic heterocycles. The van der Waals surface area contributed by atoms with Gasteiger partial charge in [-0.3, -0.25) is 5.43 Å². The van der Waals surface area contributed by atoms with Gasteiger partial charge in [-0.1, -0.05) is 0 Å². The van der Waals surface area contributed by atoms with E-state index in [4.69, 9.17) is 16.3 Å². The molecular formula is C18H33ClN4O. The van der Waals surface area contributed by atoms with Crippen molar-refractivity contribution in [1.29, 1.82) is 0 Å². The van der Waals surface area contributed by atoms with Crippen LogP contribution in [0, 0.1) is 23.7 Å². The quantitative estimate of drug-likeness (QED) is 0.574. The summed E-state index contributed by atoms with van der Waals surface area (Å²) in [7, 11) is 0. The van der Waals surface area contributed by atoms with E-state index in [1.54, 1.807) is 0 Å². The van der Waals surface area contributed by atoms with Crippen molar-refractivity contribution in [3.05, 3.63) is 0 Å². The Bertz CT molecular complexity index is 398. The predicted molar refractivity (Wildman–Crippen MR) is 96.8 cm³/mol. The molecule has 0 aromatic carbocycles. The topological polar surface area (TPSA) is 57.3 Å². The molecule has 3 heterocycles. The van der Waals surface area contributed by atoms with Crippen molar-refractivity contribution in [2.75, 3.05) is 32.8 Å². The summed E-state index contributed by atoms with van der Waals surface area (Å²) in [5.74, 6) is 2.89. The minimum Gasteiger partial charge on any atom is -0.381 e. The lowest BCUT2D eigenvalue weighted by molar-refractivity contribution is 0.0312. The number of halogens is 1. The standard InChI is InChI=1S/C18H33ClN4O/c19-14-3-1-13(2-4-14)17-15-5-7-20-10-16(15)18(23-22-17)21-9-12-6-8-24-11-12/h12-18,20-23H,1-11H2/t12-,13?,14?,15?,16?,17?,18?/m0/s1. The fourth-order valence-corrected chi connectivity index (χ4v) is 5.51. The first kappa shape index (κ1) is 17.5. The van der Waals surface area contributed by atoms with Crippen molar-refractivity contribution in [3.63, 3.8) is 0 Å². The lowest BCUT2D eigenvalue weighted by Crippen LogP contribution is -2.70. The zero-order valence-electron chi connectivity index (χ0n) is 14.6. The van der Waals surface area contributed by atoms with Crippen LogP contribution in [0.3, 0.4) is 0 Å². The normalized spacial score (nSPS) is 46.6. The van der Waals surface area contributed by atoms with E-state index in [0.717, 1.165) is 44.7 Å². The van der Waals surface area contributed by atoms with Gasteiger partial charge in [-0.2, -0.15) is 0 Å². The largest absolute Gasteiger partial charge is 0.381 e. The van der Waals surface area contributed by atoms with Crippen LogP contribution >= 0.6 is 11.6 Å². The van der Waals surface area contributed by atoms with Gasteiger partial charge in [-0.25, -0.2) is 5.43 Å². The predicted octanol–water partition coefficient (Wildman–Crippen LogP) is 1.44. The van der Waals surface area contributed by atoms with Crippen LogP contribution in [0.4, 0.5) is 0 Å². The number of hydrogen-bond donors (Lipinski definition) is 4. The summed E-state index contributed by atoms with van der Waals surface area (Å²) in [6, 6.07) is 0.606. The van der Waals surface area contributed by atoms with E-state index in [1.165, 1.54) is 38.5 Å². The van der Waals surface area contributed by atoms with Gasteiger partial charge in [0.1, 0.15) is 0 Å². The Balaban J connectivity index is 1.36. The Labute approximate surface area is 151 Å². The Morgan fingerprint density at radius 2 is 1.88 bits per heavy atom. The van der Waals surface area contributed by atoms with E-state index in [1.807, 2.05) is 0 Å². The van der Waals surface area contributed by atoms with Gasteiger partial charge < -0.3 is 15.4 Å². The first-order valence-electron chi connectivity index (χ1n) is 9.98. The maximum Gasteiger partial charge on any atom is 0.0748 e. The Hall–Kier alpha value is 0.0900. The third-order valence-corrected chi connectivity index (χ3v) is 7.18. The third kappa shape index (κ3) is 3.92. The summed E-state index contributed by atoms with van der Waals surface area (Å²) in [5.41, 5.74) is 7.34. The Morgan fingerprint density at radius 3 is 2.67 bits per heavy atom. The second-order valence-electron chi connectivity index (χ2n) is 8.26. The van der Waals surface area contributed by atoms with Gasteiger partial charge in [0.25, 0.3) is 0 Å². The second-order valence-corrected chi connectivity index (χ2v) is 8.88. The minimum absolute atomic E-state index is 0.365. The molecule has 1 saturated carbocycles. The Morgan fingerprint density at radius 1 is 1.00 bits per heavy atom. The monoisotopic (exact) mass is 356 g/mol. The molecule has 0 amide bonds. The van der Waals surface area contributed by atoms with Crippen LogP contribution in [0.5, 0.6) is 0 Å². The maximum atomic E-state index is 6.32. The molecule has 0 bridgehead atoms. The number of hydrogen-bond acceptors (Lipinski definition) is 5. The van der Waals surface area contributed by atoms with Crippen LogP contribution in [-0.4, -0.2) is 50.4 Å². The molecule has 0 aromatic rings. The molecule has 0 radical (unpaired) electrons. The molecule has 4 N–H and O–H groups in total. The lowest BCUT2D eigenvalue weighted by Gasteiger charge is -2.50. The highest BCUT2D eigenvalue weighted by Gasteiger charge is 2.43. The molecule has 5 atom stereocenters. The fraction of sp³-hybridized carbons (Fsp3) is 1.00. The molecule has 5 nitrogen and oxygen atoms in total. The summed E-state index contributed by atoms with van der Waals surface area (Å²) in [5, 5.41) is 7.80. The average Bonchev–Trinajstić information content (AvgIpc) is 3.14. The number of fused-ring (bicyclic) bond motifs is 1. The number of piperidine rings is 1. The van der Waals surface area contributed by atoms with Crippen LogP contribution in [0.25, 0.3) is 0 Å². The number of alkyl halides is 1. The smallest absolute Gasteiger partial charge is 0.0748 e. The molecule has 4 rings (SSSR count).